The third-order valence-electron chi connectivity index (χ3n) is 4.96. The summed E-state index contributed by atoms with van der Waals surface area (Å²) >= 11 is 3.19. The predicted octanol–water partition coefficient (Wildman–Crippen LogP) is 3.05. The van der Waals surface area contributed by atoms with Crippen LogP contribution < -0.4 is 5.32 Å². The van der Waals surface area contributed by atoms with Gasteiger partial charge in [0.1, 0.15) is 0 Å². The third kappa shape index (κ3) is 4.91. The molecular weight excluding hydrogens is 472 g/mol. The maximum absolute atomic E-state index is 12.4. The quantitative estimate of drug-likeness (QED) is 0.622. The van der Waals surface area contributed by atoms with E-state index < -0.39 is 28.5 Å². The Balaban J connectivity index is 1.65. The number of carbonyl (C=O) groups is 2. The van der Waals surface area contributed by atoms with Gasteiger partial charge in [0.2, 0.25) is 10.0 Å². The Hall–Kier alpha value is -2.23. The lowest BCUT2D eigenvalue weighted by Gasteiger charge is -2.26. The van der Waals surface area contributed by atoms with Crippen molar-refractivity contribution in [3.05, 3.63) is 63.6 Å². The lowest BCUT2D eigenvalue weighted by Crippen LogP contribution is -2.34. The highest BCUT2D eigenvalue weighted by Crippen LogP contribution is 2.29. The molecule has 0 fully saturated rings. The molecule has 0 saturated carbocycles. The minimum Gasteiger partial charge on any atom is -0.452 e. The molecule has 0 aliphatic heterocycles. The van der Waals surface area contributed by atoms with Gasteiger partial charge in [-0.1, -0.05) is 24.3 Å². The van der Waals surface area contributed by atoms with E-state index in [4.69, 9.17) is 4.74 Å². The zero-order chi connectivity index (χ0) is 21.9. The number of benzene rings is 2. The molecule has 0 aromatic heterocycles. The Bertz CT molecular complexity index is 1070. The zero-order valence-electron chi connectivity index (χ0n) is 16.7. The van der Waals surface area contributed by atoms with Crippen molar-refractivity contribution < 1.29 is 22.7 Å². The summed E-state index contributed by atoms with van der Waals surface area (Å²) in [5, 5.41) is 2.92. The number of halogens is 1. The minimum absolute atomic E-state index is 0.0504. The summed E-state index contributed by atoms with van der Waals surface area (Å²) in [6.45, 7) is -0.441. The Morgan fingerprint density at radius 2 is 1.93 bits per heavy atom. The molecule has 1 aliphatic carbocycles. The molecule has 160 valence electrons. The molecule has 0 saturated heterocycles. The number of amides is 1. The van der Waals surface area contributed by atoms with E-state index in [1.54, 1.807) is 0 Å². The normalized spacial score (nSPS) is 16.1. The molecule has 0 bridgehead atoms. The maximum atomic E-state index is 12.4. The van der Waals surface area contributed by atoms with Gasteiger partial charge in [0.15, 0.2) is 6.61 Å². The average Bonchev–Trinajstić information content (AvgIpc) is 2.72. The highest BCUT2D eigenvalue weighted by Gasteiger charge is 2.24. The summed E-state index contributed by atoms with van der Waals surface area (Å²) in [4.78, 5) is 24.7. The number of hydrogen-bond donors (Lipinski definition) is 1. The molecule has 2 aromatic carbocycles. The van der Waals surface area contributed by atoms with Crippen molar-refractivity contribution >= 4 is 37.8 Å². The van der Waals surface area contributed by atoms with Gasteiger partial charge < -0.3 is 10.1 Å². The molecule has 0 heterocycles. The van der Waals surface area contributed by atoms with E-state index in [2.05, 4.69) is 27.3 Å². The van der Waals surface area contributed by atoms with Gasteiger partial charge in [-0.05, 0) is 64.5 Å². The van der Waals surface area contributed by atoms with E-state index in [1.165, 1.54) is 37.9 Å². The van der Waals surface area contributed by atoms with Crippen molar-refractivity contribution in [2.75, 3.05) is 20.7 Å². The first kappa shape index (κ1) is 22.5. The molecule has 3 rings (SSSR count). The van der Waals surface area contributed by atoms with E-state index in [0.717, 1.165) is 29.1 Å². The molecule has 30 heavy (non-hydrogen) atoms. The SMILES string of the molecule is CN(C)S(=O)(=O)c1cc(C(=O)OCC(=O)NC2CCCc3ccccc32)ccc1Br. The van der Waals surface area contributed by atoms with Gasteiger partial charge in [0.05, 0.1) is 16.5 Å². The van der Waals surface area contributed by atoms with E-state index in [9.17, 15) is 18.0 Å². The van der Waals surface area contributed by atoms with Crippen LogP contribution >= 0.6 is 15.9 Å². The number of carbonyl (C=O) groups excluding carboxylic acids is 2. The van der Waals surface area contributed by atoms with Crippen molar-refractivity contribution in [1.29, 1.82) is 0 Å². The molecule has 0 spiro atoms. The second-order valence-corrected chi connectivity index (χ2v) is 10.2. The number of hydrogen-bond acceptors (Lipinski definition) is 5. The standard InChI is InChI=1S/C21H23BrN2O5S/c1-24(2)30(27,28)19-12-15(10-11-17(19)22)21(26)29-13-20(25)23-18-9-5-7-14-6-3-4-8-16(14)18/h3-4,6,8,10-12,18H,5,7,9,13H2,1-2H3,(H,23,25). The number of esters is 1. The van der Waals surface area contributed by atoms with Crippen LogP contribution in [0.4, 0.5) is 0 Å². The largest absolute Gasteiger partial charge is 0.452 e. The Labute approximate surface area is 184 Å². The summed E-state index contributed by atoms with van der Waals surface area (Å²) in [5.41, 5.74) is 2.36. The van der Waals surface area contributed by atoms with Gasteiger partial charge in [0.25, 0.3) is 5.91 Å². The van der Waals surface area contributed by atoms with Crippen molar-refractivity contribution in [2.24, 2.45) is 0 Å². The molecule has 0 radical (unpaired) electrons. The summed E-state index contributed by atoms with van der Waals surface area (Å²) in [7, 11) is -0.936. The van der Waals surface area contributed by atoms with Crippen molar-refractivity contribution in [3.63, 3.8) is 0 Å². The van der Waals surface area contributed by atoms with Crippen LogP contribution in [0.3, 0.4) is 0 Å². The number of ether oxygens (including phenoxy) is 1. The van der Waals surface area contributed by atoms with Crippen LogP contribution in [-0.2, 0) is 26.0 Å². The van der Waals surface area contributed by atoms with Crippen LogP contribution in [0.25, 0.3) is 0 Å². The number of rotatable bonds is 6. The topological polar surface area (TPSA) is 92.8 Å². The van der Waals surface area contributed by atoms with Gasteiger partial charge >= 0.3 is 5.97 Å². The molecule has 9 heteroatoms. The molecule has 1 atom stereocenters. The number of nitrogens with one attached hydrogen (secondary N) is 1. The van der Waals surface area contributed by atoms with Crippen LogP contribution in [0, 0.1) is 0 Å². The summed E-state index contributed by atoms with van der Waals surface area (Å²) in [5.74, 6) is -1.17. The lowest BCUT2D eigenvalue weighted by atomic mass is 9.88. The predicted molar refractivity (Wildman–Crippen MR) is 116 cm³/mol. The highest BCUT2D eigenvalue weighted by molar-refractivity contribution is 9.10. The van der Waals surface area contributed by atoms with Gasteiger partial charge in [-0.15, -0.1) is 0 Å². The van der Waals surface area contributed by atoms with Crippen molar-refractivity contribution in [2.45, 2.75) is 30.2 Å². The number of nitrogens with zero attached hydrogens (tertiary/aromatic N) is 1. The first-order valence-electron chi connectivity index (χ1n) is 9.46. The number of fused-ring (bicyclic) bond motifs is 1. The fraction of sp³-hybridized carbons (Fsp3) is 0.333. The van der Waals surface area contributed by atoms with E-state index in [1.807, 2.05) is 18.2 Å². The summed E-state index contributed by atoms with van der Waals surface area (Å²) < 4.78 is 31.3. The van der Waals surface area contributed by atoms with Crippen LogP contribution in [0.5, 0.6) is 0 Å². The minimum atomic E-state index is -3.74. The van der Waals surface area contributed by atoms with Crippen molar-refractivity contribution in [3.8, 4) is 0 Å². The third-order valence-corrected chi connectivity index (χ3v) is 7.77. The first-order valence-corrected chi connectivity index (χ1v) is 11.7. The number of sulfonamides is 1. The second kappa shape index (κ2) is 9.28. The molecule has 1 N–H and O–H groups in total. The zero-order valence-corrected chi connectivity index (χ0v) is 19.1. The molecule has 1 unspecified atom stereocenters. The van der Waals surface area contributed by atoms with Crippen LogP contribution in [0.2, 0.25) is 0 Å². The maximum Gasteiger partial charge on any atom is 0.338 e. The van der Waals surface area contributed by atoms with E-state index in [-0.39, 0.29) is 16.5 Å². The Kier molecular flexibility index (Phi) is 6.95. The van der Waals surface area contributed by atoms with Gasteiger partial charge in [-0.2, -0.15) is 0 Å². The smallest absolute Gasteiger partial charge is 0.338 e. The van der Waals surface area contributed by atoms with Gasteiger partial charge in [-0.3, -0.25) is 4.79 Å². The van der Waals surface area contributed by atoms with Gasteiger partial charge in [0, 0.05) is 18.6 Å². The van der Waals surface area contributed by atoms with Crippen LogP contribution in [-0.4, -0.2) is 45.3 Å². The molecular formula is C21H23BrN2O5S. The molecule has 2 aromatic rings. The van der Waals surface area contributed by atoms with Crippen molar-refractivity contribution in [1.82, 2.24) is 9.62 Å². The highest BCUT2D eigenvalue weighted by atomic mass is 79.9. The van der Waals surface area contributed by atoms with E-state index in [0.29, 0.717) is 4.47 Å². The molecule has 1 amide bonds. The number of aryl methyl sites for hydroxylation is 1. The van der Waals surface area contributed by atoms with Crippen LogP contribution in [0.1, 0.15) is 40.4 Å². The Morgan fingerprint density at radius 3 is 2.67 bits per heavy atom. The fourth-order valence-electron chi connectivity index (χ4n) is 3.38. The van der Waals surface area contributed by atoms with Crippen LogP contribution in [0.15, 0.2) is 51.8 Å². The average molecular weight is 495 g/mol. The summed E-state index contributed by atoms with van der Waals surface area (Å²) in [6.07, 6.45) is 2.79. The monoisotopic (exact) mass is 494 g/mol. The Morgan fingerprint density at radius 1 is 1.20 bits per heavy atom. The molecule has 1 aliphatic rings. The fourth-order valence-corrected chi connectivity index (χ4v) is 5.22. The lowest BCUT2D eigenvalue weighted by molar-refractivity contribution is -0.125. The van der Waals surface area contributed by atoms with E-state index >= 15 is 0 Å². The second-order valence-electron chi connectivity index (χ2n) is 7.22. The molecule has 7 nitrogen and oxygen atoms in total. The van der Waals surface area contributed by atoms with Gasteiger partial charge in [-0.25, -0.2) is 17.5 Å². The first-order chi connectivity index (χ1) is 14.2. The summed E-state index contributed by atoms with van der Waals surface area (Å²) in [6, 6.07) is 12.0.